The molecule has 0 radical (unpaired) electrons. The van der Waals surface area contributed by atoms with Gasteiger partial charge in [-0.25, -0.2) is 0 Å². The number of quaternary nitrogens is 1. The maximum absolute atomic E-state index is 12.3. The van der Waals surface area contributed by atoms with Crippen molar-refractivity contribution < 1.29 is 14.4 Å². The highest BCUT2D eigenvalue weighted by atomic mass is 35.5. The molecule has 4 nitrogen and oxygen atoms in total. The van der Waals surface area contributed by atoms with E-state index >= 15 is 0 Å². The first-order valence-corrected chi connectivity index (χ1v) is 9.03. The first-order valence-electron chi connectivity index (χ1n) is 8.65. The molecule has 1 saturated heterocycles. The molecule has 0 aromatic heterocycles. The van der Waals surface area contributed by atoms with Crippen molar-refractivity contribution in [2.75, 3.05) is 32.8 Å². The zero-order valence-corrected chi connectivity index (χ0v) is 15.3. The Bertz CT molecular complexity index is 693. The zero-order chi connectivity index (χ0) is 17.6. The molecule has 5 heteroatoms. The molecule has 0 atom stereocenters. The number of carbonyl (C=O) groups excluding carboxylic acids is 1. The summed E-state index contributed by atoms with van der Waals surface area (Å²) in [5.74, 6) is 0.714. The monoisotopic (exact) mass is 359 g/mol. The highest BCUT2D eigenvalue weighted by molar-refractivity contribution is 6.30. The molecule has 1 heterocycles. The average Bonchev–Trinajstić information content (AvgIpc) is 2.63. The summed E-state index contributed by atoms with van der Waals surface area (Å²) in [7, 11) is 0. The molecule has 0 aliphatic carbocycles. The Morgan fingerprint density at radius 1 is 1.08 bits per heavy atom. The Hall–Kier alpha value is -2.04. The van der Waals surface area contributed by atoms with E-state index in [2.05, 4.69) is 31.2 Å². The molecule has 1 aliphatic heterocycles. The van der Waals surface area contributed by atoms with Crippen LogP contribution in [0.25, 0.3) is 0 Å². The Morgan fingerprint density at radius 2 is 1.72 bits per heavy atom. The number of nitrogens with one attached hydrogen (secondary N) is 1. The fourth-order valence-corrected chi connectivity index (χ4v) is 3.14. The lowest BCUT2D eigenvalue weighted by Crippen LogP contribution is -3.13. The van der Waals surface area contributed by atoms with Gasteiger partial charge in [0.1, 0.15) is 12.3 Å². The van der Waals surface area contributed by atoms with Crippen LogP contribution in [0.15, 0.2) is 48.5 Å². The lowest BCUT2D eigenvalue weighted by atomic mass is 10.1. The molecule has 2 aromatic carbocycles. The predicted octanol–water partition coefficient (Wildman–Crippen LogP) is 1.95. The molecule has 1 aliphatic rings. The third-order valence-corrected chi connectivity index (χ3v) is 4.83. The van der Waals surface area contributed by atoms with Crippen molar-refractivity contribution in [2.24, 2.45) is 0 Å². The van der Waals surface area contributed by atoms with E-state index in [4.69, 9.17) is 16.3 Å². The number of nitrogens with zero attached hydrogens (tertiary/aromatic N) is 1. The van der Waals surface area contributed by atoms with Crippen molar-refractivity contribution in [3.05, 3.63) is 64.7 Å². The first-order chi connectivity index (χ1) is 12.1. The van der Waals surface area contributed by atoms with Gasteiger partial charge in [-0.3, -0.25) is 4.79 Å². The van der Waals surface area contributed by atoms with Gasteiger partial charge in [0.15, 0.2) is 6.61 Å². The molecule has 0 saturated carbocycles. The summed E-state index contributed by atoms with van der Waals surface area (Å²) in [5, 5.41) is 0.659. The van der Waals surface area contributed by atoms with E-state index in [1.54, 1.807) is 24.3 Å². The van der Waals surface area contributed by atoms with Crippen LogP contribution in [0, 0.1) is 6.92 Å². The van der Waals surface area contributed by atoms with Crippen LogP contribution in [0.4, 0.5) is 0 Å². The molecule has 1 fully saturated rings. The number of hydrogen-bond acceptors (Lipinski definition) is 2. The summed E-state index contributed by atoms with van der Waals surface area (Å²) < 4.78 is 5.55. The van der Waals surface area contributed by atoms with Gasteiger partial charge in [0.25, 0.3) is 5.91 Å². The van der Waals surface area contributed by atoms with Crippen molar-refractivity contribution in [2.45, 2.75) is 13.5 Å². The number of amides is 1. The lowest BCUT2D eigenvalue weighted by Gasteiger charge is -2.32. The highest BCUT2D eigenvalue weighted by Gasteiger charge is 2.23. The first kappa shape index (κ1) is 17.8. The van der Waals surface area contributed by atoms with Gasteiger partial charge in [0, 0.05) is 10.6 Å². The van der Waals surface area contributed by atoms with Gasteiger partial charge >= 0.3 is 0 Å². The van der Waals surface area contributed by atoms with E-state index in [0.29, 0.717) is 10.8 Å². The number of carbonyl (C=O) groups is 1. The normalized spacial score (nSPS) is 15.2. The third kappa shape index (κ3) is 5.21. The number of ether oxygens (including phenoxy) is 1. The van der Waals surface area contributed by atoms with Crippen LogP contribution < -0.4 is 9.64 Å². The van der Waals surface area contributed by atoms with Gasteiger partial charge in [-0.15, -0.1) is 0 Å². The minimum atomic E-state index is 0.0457. The fourth-order valence-electron chi connectivity index (χ4n) is 3.01. The molecule has 0 spiro atoms. The molecule has 0 bridgehead atoms. The maximum atomic E-state index is 12.3. The number of hydrogen-bond donors (Lipinski definition) is 1. The van der Waals surface area contributed by atoms with Crippen molar-refractivity contribution in [3.63, 3.8) is 0 Å². The molecular formula is C20H24ClN2O2+. The van der Waals surface area contributed by atoms with E-state index in [-0.39, 0.29) is 12.5 Å². The summed E-state index contributed by atoms with van der Waals surface area (Å²) in [6.07, 6.45) is 0. The van der Waals surface area contributed by atoms with E-state index in [1.165, 1.54) is 16.0 Å². The Kier molecular flexibility index (Phi) is 5.95. The van der Waals surface area contributed by atoms with E-state index < -0.39 is 0 Å². The van der Waals surface area contributed by atoms with E-state index in [9.17, 15) is 4.79 Å². The van der Waals surface area contributed by atoms with Crippen molar-refractivity contribution in [1.29, 1.82) is 0 Å². The van der Waals surface area contributed by atoms with Crippen molar-refractivity contribution in [1.82, 2.24) is 4.90 Å². The predicted molar refractivity (Wildman–Crippen MR) is 99.1 cm³/mol. The lowest BCUT2D eigenvalue weighted by molar-refractivity contribution is -0.917. The van der Waals surface area contributed by atoms with Gasteiger partial charge in [-0.2, -0.15) is 0 Å². The molecule has 25 heavy (non-hydrogen) atoms. The minimum absolute atomic E-state index is 0.0457. The smallest absolute Gasteiger partial charge is 0.260 e. The Balaban J connectivity index is 1.42. The number of benzene rings is 2. The third-order valence-electron chi connectivity index (χ3n) is 4.57. The summed E-state index contributed by atoms with van der Waals surface area (Å²) in [6, 6.07) is 15.8. The highest BCUT2D eigenvalue weighted by Crippen LogP contribution is 2.15. The van der Waals surface area contributed by atoms with Crippen LogP contribution in [0.1, 0.15) is 11.1 Å². The van der Waals surface area contributed by atoms with E-state index in [1.807, 2.05) is 4.90 Å². The second kappa shape index (κ2) is 8.37. The van der Waals surface area contributed by atoms with E-state index in [0.717, 1.165) is 32.7 Å². The van der Waals surface area contributed by atoms with Crippen LogP contribution in [0.3, 0.4) is 0 Å². The second-order valence-electron chi connectivity index (χ2n) is 6.54. The second-order valence-corrected chi connectivity index (χ2v) is 6.97. The summed E-state index contributed by atoms with van der Waals surface area (Å²) in [6.45, 7) is 6.71. The maximum Gasteiger partial charge on any atom is 0.260 e. The Morgan fingerprint density at radius 3 is 2.36 bits per heavy atom. The van der Waals surface area contributed by atoms with Gasteiger partial charge in [0.05, 0.1) is 26.2 Å². The quantitative estimate of drug-likeness (QED) is 0.885. The summed E-state index contributed by atoms with van der Waals surface area (Å²) >= 11 is 5.84. The van der Waals surface area contributed by atoms with Crippen LogP contribution in [-0.2, 0) is 11.3 Å². The molecule has 3 rings (SSSR count). The minimum Gasteiger partial charge on any atom is -0.484 e. The number of aryl methyl sites for hydroxylation is 1. The molecule has 1 amide bonds. The largest absolute Gasteiger partial charge is 0.484 e. The SMILES string of the molecule is Cc1ccc(C[NH+]2CCN(C(=O)COc3ccc(Cl)cc3)CC2)cc1. The van der Waals surface area contributed by atoms with Crippen molar-refractivity contribution >= 4 is 17.5 Å². The molecular weight excluding hydrogens is 336 g/mol. The number of rotatable bonds is 5. The van der Waals surface area contributed by atoms with Crippen LogP contribution >= 0.6 is 11.6 Å². The van der Waals surface area contributed by atoms with Gasteiger partial charge < -0.3 is 14.5 Å². The number of halogens is 1. The number of piperazine rings is 1. The van der Waals surface area contributed by atoms with Crippen LogP contribution in [-0.4, -0.2) is 43.6 Å². The molecule has 2 aromatic rings. The average molecular weight is 360 g/mol. The molecule has 0 unspecified atom stereocenters. The van der Waals surface area contributed by atoms with Gasteiger partial charge in [-0.1, -0.05) is 41.4 Å². The zero-order valence-electron chi connectivity index (χ0n) is 14.5. The Labute approximate surface area is 154 Å². The van der Waals surface area contributed by atoms with Crippen molar-refractivity contribution in [3.8, 4) is 5.75 Å². The molecule has 1 N–H and O–H groups in total. The summed E-state index contributed by atoms with van der Waals surface area (Å²) in [5.41, 5.74) is 2.64. The molecule has 132 valence electrons. The van der Waals surface area contributed by atoms with Crippen LogP contribution in [0.2, 0.25) is 5.02 Å². The topological polar surface area (TPSA) is 34.0 Å². The summed E-state index contributed by atoms with van der Waals surface area (Å²) in [4.78, 5) is 15.7. The standard InChI is InChI=1S/C20H23ClN2O2/c1-16-2-4-17(5-3-16)14-22-10-12-23(13-11-22)20(24)15-25-19-8-6-18(21)7-9-19/h2-9H,10-15H2,1H3/p+1. The van der Waals surface area contributed by atoms with Gasteiger partial charge in [0.2, 0.25) is 0 Å². The van der Waals surface area contributed by atoms with Crippen LogP contribution in [0.5, 0.6) is 5.75 Å². The van der Waals surface area contributed by atoms with Gasteiger partial charge in [-0.05, 0) is 31.2 Å². The fraction of sp³-hybridized carbons (Fsp3) is 0.350.